The van der Waals surface area contributed by atoms with Crippen LogP contribution in [0.4, 0.5) is 5.69 Å². The van der Waals surface area contributed by atoms with Gasteiger partial charge in [-0.1, -0.05) is 17.7 Å². The largest absolute Gasteiger partial charge is 0.380 e. The van der Waals surface area contributed by atoms with E-state index in [4.69, 9.17) is 16.3 Å². The molecule has 0 spiro atoms. The van der Waals surface area contributed by atoms with Gasteiger partial charge in [-0.05, 0) is 24.3 Å². The molecule has 19 heavy (non-hydrogen) atoms. The lowest BCUT2D eigenvalue weighted by molar-refractivity contribution is 0.102. The first-order valence-electron chi connectivity index (χ1n) is 5.70. The number of pyridine rings is 1. The molecule has 0 fully saturated rings. The lowest BCUT2D eigenvalue weighted by Gasteiger charge is -2.12. The highest BCUT2D eigenvalue weighted by molar-refractivity contribution is 6.31. The molecule has 0 unspecified atom stereocenters. The molecule has 1 amide bonds. The van der Waals surface area contributed by atoms with Gasteiger partial charge in [-0.2, -0.15) is 0 Å². The molecule has 4 nitrogen and oxygen atoms in total. The first-order valence-corrected chi connectivity index (χ1v) is 6.08. The van der Waals surface area contributed by atoms with Crippen molar-refractivity contribution in [2.24, 2.45) is 0 Å². The second-order valence-corrected chi connectivity index (χ2v) is 4.30. The third-order valence-corrected chi connectivity index (χ3v) is 2.93. The van der Waals surface area contributed by atoms with E-state index in [1.807, 2.05) is 0 Å². The molecule has 0 aliphatic heterocycles. The summed E-state index contributed by atoms with van der Waals surface area (Å²) in [7, 11) is 1.58. The van der Waals surface area contributed by atoms with Crippen molar-refractivity contribution in [1.29, 1.82) is 0 Å². The molecule has 0 aliphatic carbocycles. The van der Waals surface area contributed by atoms with Gasteiger partial charge in [0.05, 0.1) is 12.2 Å². The van der Waals surface area contributed by atoms with Crippen LogP contribution in [0.25, 0.3) is 0 Å². The number of benzene rings is 1. The standard InChI is InChI=1S/C14H13ClN2O2/c1-19-9-11-12(15)5-2-6-13(11)17-14(18)10-4-3-7-16-8-10/h2-8H,9H2,1H3,(H,17,18). The topological polar surface area (TPSA) is 51.2 Å². The van der Waals surface area contributed by atoms with E-state index in [2.05, 4.69) is 10.3 Å². The van der Waals surface area contributed by atoms with Crippen LogP contribution in [0, 0.1) is 0 Å². The minimum Gasteiger partial charge on any atom is -0.380 e. The Kier molecular flexibility index (Phi) is 4.49. The van der Waals surface area contributed by atoms with E-state index in [9.17, 15) is 4.79 Å². The number of hydrogen-bond donors (Lipinski definition) is 1. The first-order chi connectivity index (χ1) is 9.22. The van der Waals surface area contributed by atoms with Gasteiger partial charge in [0, 0.05) is 35.8 Å². The van der Waals surface area contributed by atoms with Crippen LogP contribution < -0.4 is 5.32 Å². The number of methoxy groups -OCH3 is 1. The molecule has 1 aromatic heterocycles. The number of hydrogen-bond acceptors (Lipinski definition) is 3. The molecule has 5 heteroatoms. The van der Waals surface area contributed by atoms with Crippen molar-refractivity contribution in [3.8, 4) is 0 Å². The number of carbonyl (C=O) groups is 1. The summed E-state index contributed by atoms with van der Waals surface area (Å²) in [6.07, 6.45) is 3.13. The maximum absolute atomic E-state index is 12.0. The lowest BCUT2D eigenvalue weighted by Crippen LogP contribution is -2.13. The predicted octanol–water partition coefficient (Wildman–Crippen LogP) is 3.13. The summed E-state index contributed by atoms with van der Waals surface area (Å²) in [5, 5.41) is 3.37. The summed E-state index contributed by atoms with van der Waals surface area (Å²) in [4.78, 5) is 16.0. The lowest BCUT2D eigenvalue weighted by atomic mass is 10.1. The minimum atomic E-state index is -0.229. The fourth-order valence-electron chi connectivity index (χ4n) is 1.66. The van der Waals surface area contributed by atoms with Crippen LogP contribution in [0.2, 0.25) is 5.02 Å². The highest BCUT2D eigenvalue weighted by Gasteiger charge is 2.11. The van der Waals surface area contributed by atoms with Gasteiger partial charge >= 0.3 is 0 Å². The quantitative estimate of drug-likeness (QED) is 0.933. The van der Waals surface area contributed by atoms with Gasteiger partial charge in [0.15, 0.2) is 0 Å². The van der Waals surface area contributed by atoms with Crippen LogP contribution in [-0.4, -0.2) is 18.0 Å². The monoisotopic (exact) mass is 276 g/mol. The normalized spacial score (nSPS) is 10.2. The zero-order valence-electron chi connectivity index (χ0n) is 10.4. The molecule has 98 valence electrons. The Morgan fingerprint density at radius 3 is 2.89 bits per heavy atom. The number of nitrogens with zero attached hydrogens (tertiary/aromatic N) is 1. The van der Waals surface area contributed by atoms with Gasteiger partial charge in [-0.15, -0.1) is 0 Å². The Balaban J connectivity index is 2.24. The Hall–Kier alpha value is -1.91. The Bertz CT molecular complexity index is 573. The molecule has 0 saturated carbocycles. The van der Waals surface area contributed by atoms with Gasteiger partial charge in [0.1, 0.15) is 0 Å². The second kappa shape index (κ2) is 6.31. The molecule has 2 rings (SSSR count). The number of rotatable bonds is 4. The third-order valence-electron chi connectivity index (χ3n) is 2.58. The number of ether oxygens (including phenoxy) is 1. The second-order valence-electron chi connectivity index (χ2n) is 3.89. The SMILES string of the molecule is COCc1c(Cl)cccc1NC(=O)c1cccnc1. The van der Waals surface area contributed by atoms with Crippen molar-refractivity contribution in [3.63, 3.8) is 0 Å². The summed E-state index contributed by atoms with van der Waals surface area (Å²) in [5.41, 5.74) is 1.89. The van der Waals surface area contributed by atoms with Crippen molar-refractivity contribution in [2.75, 3.05) is 12.4 Å². The molecule has 0 aliphatic rings. The van der Waals surface area contributed by atoms with E-state index < -0.39 is 0 Å². The average molecular weight is 277 g/mol. The van der Waals surface area contributed by atoms with Crippen LogP contribution in [0.5, 0.6) is 0 Å². The van der Waals surface area contributed by atoms with E-state index in [0.29, 0.717) is 22.9 Å². The highest BCUT2D eigenvalue weighted by atomic mass is 35.5. The van der Waals surface area contributed by atoms with E-state index in [-0.39, 0.29) is 5.91 Å². The van der Waals surface area contributed by atoms with E-state index in [1.54, 1.807) is 43.6 Å². The van der Waals surface area contributed by atoms with Gasteiger partial charge < -0.3 is 10.1 Å². The fraction of sp³-hybridized carbons (Fsp3) is 0.143. The number of anilines is 1. The van der Waals surface area contributed by atoms with Gasteiger partial charge in [-0.25, -0.2) is 0 Å². The molecule has 0 radical (unpaired) electrons. The summed E-state index contributed by atoms with van der Waals surface area (Å²) in [5.74, 6) is -0.229. The molecule has 0 saturated heterocycles. The summed E-state index contributed by atoms with van der Waals surface area (Å²) in [6.45, 7) is 0.336. The van der Waals surface area contributed by atoms with Gasteiger partial charge in [-0.3, -0.25) is 9.78 Å². The Labute approximate surface area is 116 Å². The van der Waals surface area contributed by atoms with Crippen LogP contribution in [0.15, 0.2) is 42.7 Å². The highest BCUT2D eigenvalue weighted by Crippen LogP contribution is 2.25. The molecular formula is C14H13ClN2O2. The van der Waals surface area contributed by atoms with E-state index in [0.717, 1.165) is 5.56 Å². The molecule has 1 heterocycles. The number of nitrogens with one attached hydrogen (secondary N) is 1. The number of halogens is 1. The van der Waals surface area contributed by atoms with Crippen molar-refractivity contribution in [3.05, 3.63) is 58.9 Å². The Morgan fingerprint density at radius 1 is 1.37 bits per heavy atom. The fourth-order valence-corrected chi connectivity index (χ4v) is 1.89. The Morgan fingerprint density at radius 2 is 2.21 bits per heavy atom. The van der Waals surface area contributed by atoms with Crippen LogP contribution in [0.1, 0.15) is 15.9 Å². The van der Waals surface area contributed by atoms with Crippen molar-refractivity contribution >= 4 is 23.2 Å². The maximum atomic E-state index is 12.0. The van der Waals surface area contributed by atoms with Gasteiger partial charge in [0.2, 0.25) is 0 Å². The summed E-state index contributed by atoms with van der Waals surface area (Å²) in [6, 6.07) is 8.73. The van der Waals surface area contributed by atoms with Crippen molar-refractivity contribution in [1.82, 2.24) is 4.98 Å². The van der Waals surface area contributed by atoms with Crippen LogP contribution in [-0.2, 0) is 11.3 Å². The maximum Gasteiger partial charge on any atom is 0.257 e. The van der Waals surface area contributed by atoms with Crippen molar-refractivity contribution < 1.29 is 9.53 Å². The number of carbonyl (C=O) groups excluding carboxylic acids is 1. The molecule has 1 aromatic carbocycles. The zero-order chi connectivity index (χ0) is 13.7. The first kappa shape index (κ1) is 13.5. The summed E-state index contributed by atoms with van der Waals surface area (Å²) >= 11 is 6.09. The van der Waals surface area contributed by atoms with E-state index in [1.165, 1.54) is 6.20 Å². The van der Waals surface area contributed by atoms with Gasteiger partial charge in [0.25, 0.3) is 5.91 Å². The number of aromatic nitrogens is 1. The molecule has 0 bridgehead atoms. The van der Waals surface area contributed by atoms with E-state index >= 15 is 0 Å². The van der Waals surface area contributed by atoms with Crippen LogP contribution in [0.3, 0.4) is 0 Å². The minimum absolute atomic E-state index is 0.229. The molecule has 1 N–H and O–H groups in total. The smallest absolute Gasteiger partial charge is 0.257 e. The molecule has 0 atom stereocenters. The predicted molar refractivity (Wildman–Crippen MR) is 74.4 cm³/mol. The summed E-state index contributed by atoms with van der Waals surface area (Å²) < 4.78 is 5.09. The van der Waals surface area contributed by atoms with Crippen LogP contribution >= 0.6 is 11.6 Å². The number of amides is 1. The molecular weight excluding hydrogens is 264 g/mol. The average Bonchev–Trinajstić information content (AvgIpc) is 2.43. The molecule has 2 aromatic rings. The van der Waals surface area contributed by atoms with Crippen molar-refractivity contribution in [2.45, 2.75) is 6.61 Å². The third kappa shape index (κ3) is 3.30. The zero-order valence-corrected chi connectivity index (χ0v) is 11.1.